The number of amides is 10. The van der Waals surface area contributed by atoms with Gasteiger partial charge in [-0.2, -0.15) is 0 Å². The van der Waals surface area contributed by atoms with E-state index in [2.05, 4.69) is 54.8 Å². The topological polar surface area (TPSA) is 331 Å². The molecule has 10 amide bonds. The van der Waals surface area contributed by atoms with E-state index >= 15 is 0 Å². The lowest BCUT2D eigenvalue weighted by Gasteiger charge is -2.27. The number of carbonyl (C=O) groups is 10. The van der Waals surface area contributed by atoms with Gasteiger partial charge in [-0.05, 0) is 43.6 Å². The molecule has 0 fully saturated rings. The molecule has 0 aromatic rings. The standard InChI is InChI=1S/C38H69N11O10/c1-8-10-11-12-13-28(51)41-21-32(55)48-34(24(7)9-2)37(58)45-19-30(53)42-18-29(52)43-20-31(54)46-25(14-15-39)36(57)49-33(23(5)6)38(59)47-26(16-22(3)4)35(56)44-17-27(40)50/h22-26,33-34H,8-21,39H2,1-7H3,(H2,40,50)(H,41,51)(H,42,53)(H,43,52)(H,44,56)(H,45,58)(H,46,54)(H,47,59)(H,48,55)(H,49,57)/t24-,25-,26-,33?,34?/m0/s1. The van der Waals surface area contributed by atoms with Crippen LogP contribution in [-0.2, 0) is 47.9 Å². The van der Waals surface area contributed by atoms with E-state index in [1.54, 1.807) is 20.8 Å². The molecule has 0 aliphatic heterocycles. The van der Waals surface area contributed by atoms with Crippen molar-refractivity contribution in [2.45, 2.75) is 124 Å². The molecule has 0 radical (unpaired) electrons. The SMILES string of the molecule is CCCCCCC(=O)NCC(=O)NC(C(=O)NCC(=O)NCC(=O)NCC(=O)N[C@@H](CCN)C(=O)NC(C(=O)N[C@@H](CC(C)C)C(=O)NCC(N)=O)C(C)C)[C@@H](C)CC. The highest BCUT2D eigenvalue weighted by molar-refractivity contribution is 5.96. The molecule has 0 aliphatic rings. The normalized spacial score (nSPS) is 13.4. The van der Waals surface area contributed by atoms with Crippen molar-refractivity contribution in [2.24, 2.45) is 29.2 Å². The van der Waals surface area contributed by atoms with Gasteiger partial charge in [0, 0.05) is 6.42 Å². The summed E-state index contributed by atoms with van der Waals surface area (Å²) in [5, 5.41) is 22.2. The average molecular weight is 840 g/mol. The van der Waals surface area contributed by atoms with Gasteiger partial charge in [-0.1, -0.05) is 74.1 Å². The lowest BCUT2D eigenvalue weighted by atomic mass is 9.98. The van der Waals surface area contributed by atoms with Gasteiger partial charge < -0.3 is 59.3 Å². The van der Waals surface area contributed by atoms with Crippen LogP contribution in [0, 0.1) is 17.8 Å². The zero-order valence-corrected chi connectivity index (χ0v) is 35.7. The molecular weight excluding hydrogens is 770 g/mol. The average Bonchev–Trinajstić information content (AvgIpc) is 3.17. The van der Waals surface area contributed by atoms with Crippen LogP contribution in [0.1, 0.15) is 99.8 Å². The predicted octanol–water partition coefficient (Wildman–Crippen LogP) is -2.94. The Labute approximate surface area is 346 Å². The van der Waals surface area contributed by atoms with Crippen LogP contribution >= 0.6 is 0 Å². The van der Waals surface area contributed by atoms with Gasteiger partial charge in [0.25, 0.3) is 0 Å². The molecule has 0 spiro atoms. The van der Waals surface area contributed by atoms with Gasteiger partial charge in [0.1, 0.15) is 24.2 Å². The van der Waals surface area contributed by atoms with Crippen molar-refractivity contribution in [3.63, 3.8) is 0 Å². The molecule has 2 unspecified atom stereocenters. The van der Waals surface area contributed by atoms with E-state index in [4.69, 9.17) is 11.5 Å². The second kappa shape index (κ2) is 29.8. The molecule has 0 aromatic heterocycles. The minimum atomic E-state index is -1.20. The van der Waals surface area contributed by atoms with Crippen LogP contribution in [0.2, 0.25) is 0 Å². The zero-order valence-electron chi connectivity index (χ0n) is 35.7. The van der Waals surface area contributed by atoms with Gasteiger partial charge in [0.15, 0.2) is 0 Å². The van der Waals surface area contributed by atoms with Gasteiger partial charge in [-0.25, -0.2) is 0 Å². The Kier molecular flexibility index (Phi) is 27.1. The summed E-state index contributed by atoms with van der Waals surface area (Å²) in [6.07, 6.45) is 4.71. The van der Waals surface area contributed by atoms with E-state index in [-0.39, 0.29) is 43.7 Å². The number of nitrogens with one attached hydrogen (secondary N) is 9. The van der Waals surface area contributed by atoms with Crippen molar-refractivity contribution < 1.29 is 47.9 Å². The molecule has 13 N–H and O–H groups in total. The molecule has 21 nitrogen and oxygen atoms in total. The number of primary amides is 1. The summed E-state index contributed by atoms with van der Waals surface area (Å²) >= 11 is 0. The van der Waals surface area contributed by atoms with Gasteiger partial charge in [0.2, 0.25) is 59.1 Å². The fourth-order valence-electron chi connectivity index (χ4n) is 5.40. The quantitative estimate of drug-likeness (QED) is 0.0325. The third kappa shape index (κ3) is 24.2. The molecule has 0 aliphatic carbocycles. The van der Waals surface area contributed by atoms with Crippen LogP contribution in [0.25, 0.3) is 0 Å². The molecule has 21 heteroatoms. The Morgan fingerprint density at radius 1 is 0.508 bits per heavy atom. The third-order valence-corrected chi connectivity index (χ3v) is 8.96. The minimum Gasteiger partial charge on any atom is -0.368 e. The Morgan fingerprint density at radius 3 is 1.58 bits per heavy atom. The summed E-state index contributed by atoms with van der Waals surface area (Å²) < 4.78 is 0. The summed E-state index contributed by atoms with van der Waals surface area (Å²) in [6.45, 7) is 10.2. The summed E-state index contributed by atoms with van der Waals surface area (Å²) in [5.74, 6) is -7.31. The van der Waals surface area contributed by atoms with Crippen LogP contribution in [0.3, 0.4) is 0 Å². The molecule has 0 aromatic carbocycles. The van der Waals surface area contributed by atoms with E-state index in [9.17, 15) is 47.9 Å². The Morgan fingerprint density at radius 2 is 1.05 bits per heavy atom. The molecular formula is C38H69N11O10. The first-order chi connectivity index (χ1) is 27.7. The van der Waals surface area contributed by atoms with E-state index in [1.165, 1.54) is 0 Å². The van der Waals surface area contributed by atoms with Crippen LogP contribution in [0.15, 0.2) is 0 Å². The van der Waals surface area contributed by atoms with Crippen LogP contribution in [-0.4, -0.2) is 123 Å². The van der Waals surface area contributed by atoms with E-state index in [0.717, 1.165) is 19.3 Å². The summed E-state index contributed by atoms with van der Waals surface area (Å²) in [7, 11) is 0. The summed E-state index contributed by atoms with van der Waals surface area (Å²) in [5.41, 5.74) is 10.8. The van der Waals surface area contributed by atoms with Crippen molar-refractivity contribution in [2.75, 3.05) is 39.3 Å². The Bertz CT molecular complexity index is 1430. The molecule has 0 saturated heterocycles. The highest BCUT2D eigenvalue weighted by Crippen LogP contribution is 2.10. The Hall–Kier alpha value is -5.34. The van der Waals surface area contributed by atoms with Gasteiger partial charge in [-0.3, -0.25) is 47.9 Å². The number of carbonyl (C=O) groups excluding carboxylic acids is 10. The van der Waals surface area contributed by atoms with Crippen molar-refractivity contribution in [3.05, 3.63) is 0 Å². The minimum absolute atomic E-state index is 0.0203. The molecule has 0 heterocycles. The first-order valence-electron chi connectivity index (χ1n) is 20.3. The fraction of sp³-hybridized carbons (Fsp3) is 0.737. The Balaban J connectivity index is 5.07. The van der Waals surface area contributed by atoms with Gasteiger partial charge in [0.05, 0.1) is 32.7 Å². The van der Waals surface area contributed by atoms with Crippen molar-refractivity contribution in [1.29, 1.82) is 0 Å². The second-order valence-corrected chi connectivity index (χ2v) is 15.1. The van der Waals surface area contributed by atoms with Gasteiger partial charge >= 0.3 is 0 Å². The maximum Gasteiger partial charge on any atom is 0.243 e. The smallest absolute Gasteiger partial charge is 0.243 e. The number of unbranched alkanes of at least 4 members (excludes halogenated alkanes) is 3. The van der Waals surface area contributed by atoms with Crippen molar-refractivity contribution in [3.8, 4) is 0 Å². The largest absolute Gasteiger partial charge is 0.368 e. The molecule has 0 rings (SSSR count). The molecule has 0 saturated carbocycles. The summed E-state index contributed by atoms with van der Waals surface area (Å²) in [6, 6.07) is -4.34. The van der Waals surface area contributed by atoms with E-state index in [0.29, 0.717) is 19.3 Å². The number of hydrogen-bond acceptors (Lipinski definition) is 11. The maximum atomic E-state index is 13.3. The third-order valence-electron chi connectivity index (χ3n) is 8.96. The monoisotopic (exact) mass is 840 g/mol. The maximum absolute atomic E-state index is 13.3. The number of rotatable bonds is 30. The van der Waals surface area contributed by atoms with Crippen LogP contribution < -0.4 is 59.3 Å². The first-order valence-corrected chi connectivity index (χ1v) is 20.3. The highest BCUT2D eigenvalue weighted by atomic mass is 16.2. The number of hydrogen-bond donors (Lipinski definition) is 11. The van der Waals surface area contributed by atoms with Gasteiger partial charge in [-0.15, -0.1) is 0 Å². The number of nitrogens with two attached hydrogens (primary N) is 2. The van der Waals surface area contributed by atoms with Crippen molar-refractivity contribution in [1.82, 2.24) is 47.9 Å². The first kappa shape index (κ1) is 53.7. The summed E-state index contributed by atoms with van der Waals surface area (Å²) in [4.78, 5) is 125. The zero-order chi connectivity index (χ0) is 45.1. The lowest BCUT2D eigenvalue weighted by Crippen LogP contribution is -2.59. The lowest BCUT2D eigenvalue weighted by molar-refractivity contribution is -0.135. The van der Waals surface area contributed by atoms with Crippen LogP contribution in [0.5, 0.6) is 0 Å². The molecule has 5 atom stereocenters. The fourth-order valence-corrected chi connectivity index (χ4v) is 5.40. The second-order valence-electron chi connectivity index (χ2n) is 15.1. The predicted molar refractivity (Wildman–Crippen MR) is 218 cm³/mol. The van der Waals surface area contributed by atoms with Crippen LogP contribution in [0.4, 0.5) is 0 Å². The van der Waals surface area contributed by atoms with E-state index < -0.39 is 109 Å². The molecule has 59 heavy (non-hydrogen) atoms. The molecule has 0 bridgehead atoms. The van der Waals surface area contributed by atoms with E-state index in [1.807, 2.05) is 20.8 Å². The molecule has 336 valence electrons. The van der Waals surface area contributed by atoms with Crippen molar-refractivity contribution >= 4 is 59.1 Å². The highest BCUT2D eigenvalue weighted by Gasteiger charge is 2.32.